The molecule has 4 rings (SSSR count). The number of alkyl halides is 2. The molecule has 2 aliphatic carbocycles. The quantitative estimate of drug-likeness (QED) is 0.509. The van der Waals surface area contributed by atoms with Crippen LogP contribution in [0.3, 0.4) is 0 Å². The van der Waals surface area contributed by atoms with E-state index in [1.54, 1.807) is 28.8 Å². The minimum absolute atomic E-state index is 0.232. The normalized spacial score (nSPS) is 21.1. The Morgan fingerprint density at radius 2 is 1.64 bits per heavy atom. The molecule has 0 radical (unpaired) electrons. The van der Waals surface area contributed by atoms with Crippen molar-refractivity contribution in [1.82, 2.24) is 0 Å². The summed E-state index contributed by atoms with van der Waals surface area (Å²) in [6.07, 6.45) is 11.4. The van der Waals surface area contributed by atoms with E-state index in [1.807, 2.05) is 18.2 Å². The molecule has 2 aromatic rings. The third kappa shape index (κ3) is 4.14. The summed E-state index contributed by atoms with van der Waals surface area (Å²) in [5.41, 5.74) is 7.47. The molecule has 28 heavy (non-hydrogen) atoms. The Labute approximate surface area is 166 Å². The summed E-state index contributed by atoms with van der Waals surface area (Å²) in [6, 6.07) is 11.9. The first-order valence-electron chi connectivity index (χ1n) is 10.4. The minimum atomic E-state index is -2.77. The summed E-state index contributed by atoms with van der Waals surface area (Å²) in [5, 5.41) is 0. The van der Waals surface area contributed by atoms with Crippen molar-refractivity contribution in [2.75, 3.05) is 0 Å². The largest absolute Gasteiger partial charge is 0.435 e. The maximum Gasteiger partial charge on any atom is 0.387 e. The van der Waals surface area contributed by atoms with Crippen molar-refractivity contribution in [3.8, 4) is 5.75 Å². The number of rotatable bonds is 6. The van der Waals surface area contributed by atoms with Gasteiger partial charge < -0.3 is 4.74 Å². The molecule has 0 heterocycles. The molecular formula is C25H28F2O. The van der Waals surface area contributed by atoms with Crippen LogP contribution in [0.25, 0.3) is 0 Å². The summed E-state index contributed by atoms with van der Waals surface area (Å²) >= 11 is 0. The molecule has 0 fully saturated rings. The molecule has 2 aromatic carbocycles. The standard InChI is InChI=1S/C25H28F2O/c1-2-3-4-17-5-13-23-20(15-17)6-7-21-16-19(10-14-24(21)23)18-8-11-22(12-9-18)28-25(26)27/h2,6-9,11-12,17,19,25H,1,3-5,10,13-16H2. The van der Waals surface area contributed by atoms with Crippen LogP contribution in [0.5, 0.6) is 5.75 Å². The number of hydrogen-bond donors (Lipinski definition) is 0. The Bertz CT molecular complexity index is 825. The lowest BCUT2D eigenvalue weighted by Crippen LogP contribution is -2.20. The number of benzene rings is 2. The Hall–Kier alpha value is -2.16. The number of allylic oxidation sites excluding steroid dienone is 1. The maximum atomic E-state index is 12.3. The predicted octanol–water partition coefficient (Wildman–Crippen LogP) is 6.63. The molecule has 0 N–H and O–H groups in total. The highest BCUT2D eigenvalue weighted by molar-refractivity contribution is 5.45. The van der Waals surface area contributed by atoms with E-state index >= 15 is 0 Å². The summed E-state index contributed by atoms with van der Waals surface area (Å²) < 4.78 is 29.1. The highest BCUT2D eigenvalue weighted by Crippen LogP contribution is 2.39. The van der Waals surface area contributed by atoms with E-state index in [4.69, 9.17) is 0 Å². The highest BCUT2D eigenvalue weighted by atomic mass is 19.3. The topological polar surface area (TPSA) is 9.23 Å². The van der Waals surface area contributed by atoms with Gasteiger partial charge in [-0.2, -0.15) is 8.78 Å². The van der Waals surface area contributed by atoms with Crippen molar-refractivity contribution in [1.29, 1.82) is 0 Å². The lowest BCUT2D eigenvalue weighted by atomic mass is 9.73. The van der Waals surface area contributed by atoms with Gasteiger partial charge in [0.15, 0.2) is 0 Å². The third-order valence-electron chi connectivity index (χ3n) is 6.50. The molecule has 148 valence electrons. The molecule has 0 saturated carbocycles. The van der Waals surface area contributed by atoms with Gasteiger partial charge in [-0.25, -0.2) is 0 Å². The zero-order valence-corrected chi connectivity index (χ0v) is 16.3. The first kappa shape index (κ1) is 19.2. The van der Waals surface area contributed by atoms with Gasteiger partial charge in [0.05, 0.1) is 0 Å². The second kappa shape index (κ2) is 8.46. The monoisotopic (exact) mass is 382 g/mol. The van der Waals surface area contributed by atoms with Crippen molar-refractivity contribution >= 4 is 0 Å². The van der Waals surface area contributed by atoms with Crippen LogP contribution in [0.1, 0.15) is 59.4 Å². The molecule has 0 spiro atoms. The van der Waals surface area contributed by atoms with Gasteiger partial charge in [0.25, 0.3) is 0 Å². The zero-order chi connectivity index (χ0) is 19.5. The second-order valence-electron chi connectivity index (χ2n) is 8.20. The molecular weight excluding hydrogens is 354 g/mol. The average Bonchev–Trinajstić information content (AvgIpc) is 2.71. The van der Waals surface area contributed by atoms with Crippen LogP contribution in [0.4, 0.5) is 8.78 Å². The van der Waals surface area contributed by atoms with Crippen molar-refractivity contribution < 1.29 is 13.5 Å². The molecule has 0 saturated heterocycles. The Morgan fingerprint density at radius 1 is 0.964 bits per heavy atom. The van der Waals surface area contributed by atoms with Crippen molar-refractivity contribution in [2.24, 2.45) is 5.92 Å². The second-order valence-corrected chi connectivity index (χ2v) is 8.20. The van der Waals surface area contributed by atoms with Gasteiger partial charge in [0.1, 0.15) is 5.75 Å². The van der Waals surface area contributed by atoms with Gasteiger partial charge in [-0.1, -0.05) is 30.3 Å². The maximum absolute atomic E-state index is 12.3. The highest BCUT2D eigenvalue weighted by Gasteiger charge is 2.26. The molecule has 0 aromatic heterocycles. The van der Waals surface area contributed by atoms with Crippen LogP contribution in [0, 0.1) is 5.92 Å². The summed E-state index contributed by atoms with van der Waals surface area (Å²) in [7, 11) is 0. The molecule has 1 nitrogen and oxygen atoms in total. The Balaban J connectivity index is 1.47. The number of ether oxygens (including phenoxy) is 1. The number of halogens is 2. The smallest absolute Gasteiger partial charge is 0.387 e. The van der Waals surface area contributed by atoms with E-state index in [2.05, 4.69) is 23.4 Å². The van der Waals surface area contributed by atoms with E-state index in [-0.39, 0.29) is 5.75 Å². The fourth-order valence-electron chi connectivity index (χ4n) is 5.05. The van der Waals surface area contributed by atoms with Crippen LogP contribution < -0.4 is 4.74 Å². The summed E-state index contributed by atoms with van der Waals surface area (Å²) in [5.74, 6) is 1.49. The fraction of sp³-hybridized carbons (Fsp3) is 0.440. The van der Waals surface area contributed by atoms with Crippen LogP contribution in [0.2, 0.25) is 0 Å². The van der Waals surface area contributed by atoms with Gasteiger partial charge in [-0.15, -0.1) is 6.58 Å². The van der Waals surface area contributed by atoms with Crippen molar-refractivity contribution in [3.63, 3.8) is 0 Å². The average molecular weight is 382 g/mol. The molecule has 0 aliphatic heterocycles. The minimum Gasteiger partial charge on any atom is -0.435 e. The van der Waals surface area contributed by atoms with Crippen LogP contribution in [-0.4, -0.2) is 6.61 Å². The number of hydrogen-bond acceptors (Lipinski definition) is 1. The lowest BCUT2D eigenvalue weighted by Gasteiger charge is -2.32. The molecule has 0 amide bonds. The van der Waals surface area contributed by atoms with E-state index in [1.165, 1.54) is 36.8 Å². The van der Waals surface area contributed by atoms with Crippen LogP contribution in [0.15, 0.2) is 49.1 Å². The molecule has 2 atom stereocenters. The summed E-state index contributed by atoms with van der Waals surface area (Å²) in [4.78, 5) is 0. The van der Waals surface area contributed by atoms with Gasteiger partial charge in [-0.3, -0.25) is 0 Å². The molecule has 3 heteroatoms. The van der Waals surface area contributed by atoms with Crippen LogP contribution in [-0.2, 0) is 25.7 Å². The van der Waals surface area contributed by atoms with Gasteiger partial charge in [0.2, 0.25) is 0 Å². The molecule has 2 aliphatic rings. The van der Waals surface area contributed by atoms with E-state index < -0.39 is 6.61 Å². The first-order chi connectivity index (χ1) is 13.6. The third-order valence-corrected chi connectivity index (χ3v) is 6.50. The van der Waals surface area contributed by atoms with Gasteiger partial charge in [0, 0.05) is 0 Å². The SMILES string of the molecule is C=CCCC1CCc2c(ccc3c2CCC(c2ccc(OC(F)F)cc2)C3)C1. The van der Waals surface area contributed by atoms with Gasteiger partial charge in [-0.05, 0) is 103 Å². The van der Waals surface area contributed by atoms with E-state index in [0.29, 0.717) is 5.92 Å². The Morgan fingerprint density at radius 3 is 2.32 bits per heavy atom. The molecule has 2 unspecified atom stereocenters. The van der Waals surface area contributed by atoms with E-state index in [0.717, 1.165) is 31.6 Å². The van der Waals surface area contributed by atoms with E-state index in [9.17, 15) is 8.78 Å². The number of fused-ring (bicyclic) bond motifs is 3. The van der Waals surface area contributed by atoms with Crippen molar-refractivity contribution in [3.05, 3.63) is 76.9 Å². The summed E-state index contributed by atoms with van der Waals surface area (Å²) in [6.45, 7) is 1.09. The first-order valence-corrected chi connectivity index (χ1v) is 10.4. The lowest BCUT2D eigenvalue weighted by molar-refractivity contribution is -0.0498. The zero-order valence-electron chi connectivity index (χ0n) is 16.3. The van der Waals surface area contributed by atoms with Gasteiger partial charge >= 0.3 is 6.61 Å². The Kier molecular flexibility index (Phi) is 5.79. The predicted molar refractivity (Wildman–Crippen MR) is 109 cm³/mol. The fourth-order valence-corrected chi connectivity index (χ4v) is 5.05. The van der Waals surface area contributed by atoms with Crippen molar-refractivity contribution in [2.45, 2.75) is 63.9 Å². The van der Waals surface area contributed by atoms with Crippen LogP contribution >= 0.6 is 0 Å². The molecule has 0 bridgehead atoms.